The van der Waals surface area contributed by atoms with Crippen LogP contribution in [-0.4, -0.2) is 142 Å². The van der Waals surface area contributed by atoms with Gasteiger partial charge in [0, 0.05) is 89.2 Å². The lowest BCUT2D eigenvalue weighted by Crippen LogP contribution is -2.56. The van der Waals surface area contributed by atoms with Crippen molar-refractivity contribution in [2.45, 2.75) is 174 Å². The molecule has 3 aromatic rings. The second kappa shape index (κ2) is 36.8. The van der Waals surface area contributed by atoms with Crippen molar-refractivity contribution in [2.75, 3.05) is 103 Å². The maximum absolute atomic E-state index is 15.0. The summed E-state index contributed by atoms with van der Waals surface area (Å²) in [6.45, 7) is 12.0. The average molecular weight is 1150 g/mol. The predicted octanol–water partition coefficient (Wildman–Crippen LogP) is 9.46. The number of aromatic nitrogens is 2. The van der Waals surface area contributed by atoms with Gasteiger partial charge < -0.3 is 51.4 Å². The number of pyridine rings is 2. The first-order valence-corrected chi connectivity index (χ1v) is 31.5. The molecule has 0 unspecified atom stereocenters. The number of methoxy groups -OCH3 is 1. The van der Waals surface area contributed by atoms with Gasteiger partial charge in [-0.25, -0.2) is 9.97 Å². The van der Waals surface area contributed by atoms with E-state index < -0.39 is 5.97 Å². The largest absolute Gasteiger partial charge is 0.497 e. The van der Waals surface area contributed by atoms with E-state index in [0.717, 1.165) is 87.8 Å². The molecule has 462 valence electrons. The molecule has 5 rings (SSSR count). The standard InChI is InChI=1S/C65H104N10O8/c1-50-23-21-24-58(72-50)74(64(81)55-29-28-54(82-5)44-57(55)73-40-31-51(32-41-73)48-83-62-43-53(30-37-71-62)56(45-63(79)80)52-26-27-52)49-65(2,3)33-20-18-16-14-12-10-8-6-7-9-11-13-15-17-19-25-59(76)68-36-22-42-75(4,46-60(77)69-38-34-66)47-61(78)70-39-35-67/h21,23-24,28-30,37,43-44,51-52,56H,6-20,22,25-27,31-36,38-42,45-49,66-67H2,1-5H3,(H3-,68,69,70,76,77,78,79,80)/p+1/t56-/m0/s1. The van der Waals surface area contributed by atoms with E-state index in [2.05, 4.69) is 39.7 Å². The van der Waals surface area contributed by atoms with Crippen molar-refractivity contribution < 1.29 is 43.0 Å². The molecular formula is C65H105N10O8+. The first-order chi connectivity index (χ1) is 40.0. The maximum atomic E-state index is 15.0. The highest BCUT2D eigenvalue weighted by molar-refractivity contribution is 6.09. The zero-order valence-corrected chi connectivity index (χ0v) is 51.4. The van der Waals surface area contributed by atoms with Crippen molar-refractivity contribution >= 4 is 41.1 Å². The van der Waals surface area contributed by atoms with Crippen LogP contribution < -0.4 is 46.7 Å². The Kier molecular flexibility index (Phi) is 30.1. The van der Waals surface area contributed by atoms with E-state index in [-0.39, 0.29) is 59.0 Å². The molecule has 1 aliphatic heterocycles. The van der Waals surface area contributed by atoms with Gasteiger partial charge in [0.2, 0.25) is 11.8 Å². The van der Waals surface area contributed by atoms with Crippen LogP contribution in [0.1, 0.15) is 189 Å². The SMILES string of the molecule is COc1ccc(C(=O)N(CC(C)(C)CCCCCCCCCCCCCCCCCC(=O)NCCC[N+](C)(CC(=O)NCCN)CC(=O)NCCN)c2cccc(C)n2)c(N2CCC(COc3cc([C@@H](CC(=O)O)C4CC4)ccn3)CC2)c1. The van der Waals surface area contributed by atoms with Gasteiger partial charge >= 0.3 is 5.97 Å². The van der Waals surface area contributed by atoms with Gasteiger partial charge in [0.1, 0.15) is 11.6 Å². The third kappa shape index (κ3) is 25.9. The van der Waals surface area contributed by atoms with Crippen molar-refractivity contribution in [2.24, 2.45) is 28.7 Å². The topological polar surface area (TPSA) is 244 Å². The molecule has 18 heteroatoms. The molecule has 2 aromatic heterocycles. The molecule has 3 heterocycles. The van der Waals surface area contributed by atoms with Gasteiger partial charge in [-0.15, -0.1) is 0 Å². The van der Waals surface area contributed by atoms with Gasteiger partial charge in [-0.1, -0.05) is 110 Å². The van der Waals surface area contributed by atoms with E-state index in [1.165, 1.54) is 70.6 Å². The molecule has 8 N–H and O–H groups in total. The van der Waals surface area contributed by atoms with Gasteiger partial charge in [0.25, 0.3) is 17.7 Å². The number of quaternary nitrogens is 1. The molecule has 0 spiro atoms. The highest BCUT2D eigenvalue weighted by Gasteiger charge is 2.35. The Labute approximate surface area is 497 Å². The fraction of sp³-hybridized carbons (Fsp3) is 0.677. The number of hydrogen-bond acceptors (Lipinski definition) is 12. The minimum Gasteiger partial charge on any atom is -0.497 e. The zero-order chi connectivity index (χ0) is 59.9. The number of unbranched alkanes of at least 4 members (excludes halogenated alkanes) is 14. The number of carboxylic acid groups (broad SMARTS) is 1. The Bertz CT molecular complexity index is 2410. The molecule has 0 bridgehead atoms. The lowest BCUT2D eigenvalue weighted by atomic mass is 9.85. The molecule has 2 aliphatic rings. The second-order valence-electron chi connectivity index (χ2n) is 24.7. The van der Waals surface area contributed by atoms with Crippen molar-refractivity contribution in [3.63, 3.8) is 0 Å². The van der Waals surface area contributed by atoms with Gasteiger partial charge in [0.05, 0.1) is 45.0 Å². The van der Waals surface area contributed by atoms with Crippen LogP contribution >= 0.6 is 0 Å². The van der Waals surface area contributed by atoms with Crippen molar-refractivity contribution in [3.8, 4) is 11.6 Å². The number of rotatable bonds is 43. The van der Waals surface area contributed by atoms with E-state index in [9.17, 15) is 29.1 Å². The Morgan fingerprint density at radius 3 is 1.92 bits per heavy atom. The molecule has 83 heavy (non-hydrogen) atoms. The number of carbonyl (C=O) groups is 5. The lowest BCUT2D eigenvalue weighted by molar-refractivity contribution is -0.894. The molecule has 1 atom stereocenters. The van der Waals surface area contributed by atoms with Crippen LogP contribution in [0.15, 0.2) is 54.7 Å². The van der Waals surface area contributed by atoms with E-state index >= 15 is 0 Å². The first-order valence-electron chi connectivity index (χ1n) is 31.5. The predicted molar refractivity (Wildman–Crippen MR) is 331 cm³/mol. The summed E-state index contributed by atoms with van der Waals surface area (Å²) in [6.07, 6.45) is 26.0. The minimum atomic E-state index is -0.778. The fourth-order valence-corrected chi connectivity index (χ4v) is 11.6. The molecule has 0 radical (unpaired) electrons. The van der Waals surface area contributed by atoms with Crippen LogP contribution in [0.25, 0.3) is 0 Å². The number of carboxylic acids is 1. The summed E-state index contributed by atoms with van der Waals surface area (Å²) in [7, 11) is 3.55. The normalized spacial score (nSPS) is 14.2. The number of piperidine rings is 1. The number of likely N-dealkylation sites (N-methyl/N-ethyl adjacent to an activating group) is 1. The zero-order valence-electron chi connectivity index (χ0n) is 51.4. The van der Waals surface area contributed by atoms with Crippen LogP contribution in [0, 0.1) is 24.2 Å². The van der Waals surface area contributed by atoms with E-state index in [0.29, 0.717) is 100 Å². The number of amides is 4. The maximum Gasteiger partial charge on any atom is 0.303 e. The Balaban J connectivity index is 0.942. The summed E-state index contributed by atoms with van der Waals surface area (Å²) < 4.78 is 12.2. The quantitative estimate of drug-likeness (QED) is 0.0229. The van der Waals surface area contributed by atoms with Gasteiger partial charge in [-0.3, -0.25) is 28.9 Å². The number of anilines is 2. The van der Waals surface area contributed by atoms with Crippen LogP contribution in [0.2, 0.25) is 0 Å². The summed E-state index contributed by atoms with van der Waals surface area (Å²) in [4.78, 5) is 77.6. The number of aryl methyl sites for hydroxylation is 1. The number of ether oxygens (including phenoxy) is 2. The van der Waals surface area contributed by atoms with Crippen LogP contribution in [0.4, 0.5) is 11.5 Å². The number of aliphatic carboxylic acids is 1. The summed E-state index contributed by atoms with van der Waals surface area (Å²) in [6, 6.07) is 15.5. The van der Waals surface area contributed by atoms with Crippen molar-refractivity contribution in [3.05, 3.63) is 71.5 Å². The number of hydrogen-bond donors (Lipinski definition) is 6. The highest BCUT2D eigenvalue weighted by Crippen LogP contribution is 2.45. The molecule has 1 aromatic carbocycles. The molecule has 1 saturated heterocycles. The molecule has 18 nitrogen and oxygen atoms in total. The molecule has 1 aliphatic carbocycles. The fourth-order valence-electron chi connectivity index (χ4n) is 11.6. The minimum absolute atomic E-state index is 0.00992. The van der Waals surface area contributed by atoms with E-state index in [4.69, 9.17) is 25.9 Å². The summed E-state index contributed by atoms with van der Waals surface area (Å²) >= 11 is 0. The lowest BCUT2D eigenvalue weighted by Gasteiger charge is -2.36. The summed E-state index contributed by atoms with van der Waals surface area (Å²) in [5, 5.41) is 18.1. The molecule has 4 amide bonds. The number of carbonyl (C=O) groups excluding carboxylic acids is 4. The average Bonchev–Trinajstić information content (AvgIpc) is 4.47. The van der Waals surface area contributed by atoms with Gasteiger partial charge in [0.15, 0.2) is 13.1 Å². The van der Waals surface area contributed by atoms with Crippen LogP contribution in [-0.2, 0) is 19.2 Å². The highest BCUT2D eigenvalue weighted by atomic mass is 16.5. The van der Waals surface area contributed by atoms with Crippen molar-refractivity contribution in [1.29, 1.82) is 0 Å². The Hall–Kier alpha value is -5.85. The third-order valence-corrected chi connectivity index (χ3v) is 16.5. The van der Waals surface area contributed by atoms with Crippen LogP contribution in [0.3, 0.4) is 0 Å². The number of nitrogens with two attached hydrogens (primary N) is 2. The van der Waals surface area contributed by atoms with Gasteiger partial charge in [-0.05, 0) is 105 Å². The third-order valence-electron chi connectivity index (χ3n) is 16.5. The second-order valence-corrected chi connectivity index (χ2v) is 24.7. The Morgan fingerprint density at radius 2 is 1.35 bits per heavy atom. The number of nitrogens with one attached hydrogen (secondary N) is 3. The Morgan fingerprint density at radius 1 is 0.759 bits per heavy atom. The number of nitrogens with zero attached hydrogens (tertiary/aromatic N) is 5. The summed E-state index contributed by atoms with van der Waals surface area (Å²) in [5.74, 6) is 1.54. The molecule has 1 saturated carbocycles. The van der Waals surface area contributed by atoms with Gasteiger partial charge in [-0.2, -0.15) is 0 Å². The van der Waals surface area contributed by atoms with E-state index in [1.807, 2.05) is 67.4 Å². The first kappa shape index (κ1) is 67.9. The summed E-state index contributed by atoms with van der Waals surface area (Å²) in [5.41, 5.74) is 14.3. The molecular weight excluding hydrogens is 1050 g/mol. The van der Waals surface area contributed by atoms with Crippen LogP contribution in [0.5, 0.6) is 11.6 Å². The van der Waals surface area contributed by atoms with E-state index in [1.54, 1.807) is 13.3 Å². The monoisotopic (exact) mass is 1150 g/mol. The molecule has 2 fully saturated rings. The smallest absolute Gasteiger partial charge is 0.303 e. The van der Waals surface area contributed by atoms with Crippen molar-refractivity contribution in [1.82, 2.24) is 25.9 Å². The number of benzene rings is 1.